The van der Waals surface area contributed by atoms with Crippen LogP contribution in [0.3, 0.4) is 0 Å². The van der Waals surface area contributed by atoms with Crippen LogP contribution < -0.4 is 5.32 Å². The summed E-state index contributed by atoms with van der Waals surface area (Å²) in [5.74, 6) is 0.243. The average Bonchev–Trinajstić information content (AvgIpc) is 2.63. The van der Waals surface area contributed by atoms with Gasteiger partial charge < -0.3 is 10.5 Å². The van der Waals surface area contributed by atoms with Gasteiger partial charge in [-0.2, -0.15) is 0 Å². The SMILES string of the molecule is CCCC1/C(=N/O)CC(c2ccccc2)NC1c1ccccc1. The molecule has 2 aromatic rings. The van der Waals surface area contributed by atoms with Crippen molar-refractivity contribution in [2.24, 2.45) is 11.1 Å². The van der Waals surface area contributed by atoms with Crippen LogP contribution in [0.4, 0.5) is 0 Å². The predicted molar refractivity (Wildman–Crippen MR) is 93.7 cm³/mol. The molecule has 1 heterocycles. The quantitative estimate of drug-likeness (QED) is 0.634. The monoisotopic (exact) mass is 308 g/mol. The first-order valence-corrected chi connectivity index (χ1v) is 8.40. The van der Waals surface area contributed by atoms with Crippen LogP contribution in [-0.2, 0) is 0 Å². The zero-order valence-electron chi connectivity index (χ0n) is 13.5. The summed E-state index contributed by atoms with van der Waals surface area (Å²) in [4.78, 5) is 0. The van der Waals surface area contributed by atoms with Crippen LogP contribution in [0.2, 0.25) is 0 Å². The summed E-state index contributed by atoms with van der Waals surface area (Å²) in [6.07, 6.45) is 2.85. The van der Waals surface area contributed by atoms with Gasteiger partial charge in [0.1, 0.15) is 0 Å². The molecule has 0 aliphatic carbocycles. The highest BCUT2D eigenvalue weighted by Crippen LogP contribution is 2.37. The van der Waals surface area contributed by atoms with E-state index in [0.29, 0.717) is 0 Å². The lowest BCUT2D eigenvalue weighted by Gasteiger charge is -2.38. The minimum Gasteiger partial charge on any atom is -0.411 e. The van der Waals surface area contributed by atoms with Gasteiger partial charge in [-0.1, -0.05) is 79.2 Å². The Morgan fingerprint density at radius 3 is 2.17 bits per heavy atom. The standard InChI is InChI=1S/C20H24N2O/c1-2-9-17-19(22-23)14-18(15-10-5-3-6-11-15)21-20(17)16-12-7-4-8-13-16/h3-8,10-13,17-18,20-21,23H,2,9,14H2,1H3/b22-19+. The molecule has 0 spiro atoms. The van der Waals surface area contributed by atoms with Crippen molar-refractivity contribution in [1.29, 1.82) is 0 Å². The molecule has 3 nitrogen and oxygen atoms in total. The maximum Gasteiger partial charge on any atom is 0.0639 e. The molecule has 0 aromatic heterocycles. The largest absolute Gasteiger partial charge is 0.411 e. The second-order valence-corrected chi connectivity index (χ2v) is 6.21. The van der Waals surface area contributed by atoms with E-state index in [9.17, 15) is 5.21 Å². The summed E-state index contributed by atoms with van der Waals surface area (Å²) in [7, 11) is 0. The minimum atomic E-state index is 0.181. The molecule has 1 aliphatic rings. The number of rotatable bonds is 4. The van der Waals surface area contributed by atoms with E-state index in [0.717, 1.165) is 25.0 Å². The summed E-state index contributed by atoms with van der Waals surface area (Å²) in [6, 6.07) is 21.3. The first kappa shape index (κ1) is 15.8. The van der Waals surface area contributed by atoms with E-state index in [2.05, 4.69) is 65.9 Å². The normalized spacial score (nSPS) is 26.3. The van der Waals surface area contributed by atoms with E-state index in [1.165, 1.54) is 11.1 Å². The fourth-order valence-electron chi connectivity index (χ4n) is 3.59. The lowest BCUT2D eigenvalue weighted by molar-refractivity contribution is 0.284. The maximum absolute atomic E-state index is 9.58. The molecular formula is C20H24N2O. The van der Waals surface area contributed by atoms with Crippen LogP contribution in [-0.4, -0.2) is 10.9 Å². The summed E-state index contributed by atoms with van der Waals surface area (Å²) < 4.78 is 0. The molecule has 120 valence electrons. The number of nitrogens with zero attached hydrogens (tertiary/aromatic N) is 1. The summed E-state index contributed by atoms with van der Waals surface area (Å²) >= 11 is 0. The van der Waals surface area contributed by atoms with Crippen LogP contribution in [0.15, 0.2) is 65.8 Å². The topological polar surface area (TPSA) is 44.6 Å². The fourth-order valence-corrected chi connectivity index (χ4v) is 3.59. The predicted octanol–water partition coefficient (Wildman–Crippen LogP) is 4.71. The Balaban J connectivity index is 1.95. The van der Waals surface area contributed by atoms with Gasteiger partial charge in [0.2, 0.25) is 0 Å². The van der Waals surface area contributed by atoms with E-state index >= 15 is 0 Å². The Kier molecular flexibility index (Phi) is 5.09. The fraction of sp³-hybridized carbons (Fsp3) is 0.350. The first-order chi connectivity index (χ1) is 11.3. The minimum absolute atomic E-state index is 0.181. The number of nitrogens with one attached hydrogen (secondary N) is 1. The maximum atomic E-state index is 9.58. The van der Waals surface area contributed by atoms with Crippen molar-refractivity contribution in [1.82, 2.24) is 5.32 Å². The van der Waals surface area contributed by atoms with Crippen molar-refractivity contribution in [3.8, 4) is 0 Å². The van der Waals surface area contributed by atoms with E-state index in [4.69, 9.17) is 0 Å². The van der Waals surface area contributed by atoms with Gasteiger partial charge in [-0.25, -0.2) is 0 Å². The highest BCUT2D eigenvalue weighted by atomic mass is 16.4. The number of benzene rings is 2. The lowest BCUT2D eigenvalue weighted by Crippen LogP contribution is -2.42. The van der Waals surface area contributed by atoms with Crippen LogP contribution >= 0.6 is 0 Å². The molecule has 1 fully saturated rings. The molecule has 2 aromatic carbocycles. The molecule has 3 rings (SSSR count). The molecule has 3 atom stereocenters. The van der Waals surface area contributed by atoms with Crippen molar-refractivity contribution in [3.05, 3.63) is 71.8 Å². The molecular weight excluding hydrogens is 284 g/mol. The molecule has 1 aliphatic heterocycles. The third-order valence-corrected chi connectivity index (χ3v) is 4.71. The number of piperidine rings is 1. The molecule has 2 N–H and O–H groups in total. The molecule has 0 bridgehead atoms. The van der Waals surface area contributed by atoms with E-state index in [1.807, 2.05) is 12.1 Å². The summed E-state index contributed by atoms with van der Waals surface area (Å²) in [6.45, 7) is 2.18. The molecule has 0 radical (unpaired) electrons. The second kappa shape index (κ2) is 7.42. The molecule has 1 saturated heterocycles. The van der Waals surface area contributed by atoms with E-state index in [-0.39, 0.29) is 18.0 Å². The Morgan fingerprint density at radius 2 is 1.61 bits per heavy atom. The molecule has 23 heavy (non-hydrogen) atoms. The first-order valence-electron chi connectivity index (χ1n) is 8.40. The average molecular weight is 308 g/mol. The zero-order valence-corrected chi connectivity index (χ0v) is 13.5. The zero-order chi connectivity index (χ0) is 16.1. The highest BCUT2D eigenvalue weighted by Gasteiger charge is 2.35. The Bertz CT molecular complexity index is 639. The van der Waals surface area contributed by atoms with Crippen molar-refractivity contribution < 1.29 is 5.21 Å². The van der Waals surface area contributed by atoms with Crippen molar-refractivity contribution in [2.45, 2.75) is 38.3 Å². The number of oxime groups is 1. The lowest BCUT2D eigenvalue weighted by atomic mass is 9.78. The molecule has 0 saturated carbocycles. The number of hydrogen-bond donors (Lipinski definition) is 2. The van der Waals surface area contributed by atoms with Gasteiger partial charge in [0, 0.05) is 24.4 Å². The molecule has 3 unspecified atom stereocenters. The third kappa shape index (κ3) is 3.45. The van der Waals surface area contributed by atoms with Gasteiger partial charge in [-0.15, -0.1) is 0 Å². The summed E-state index contributed by atoms with van der Waals surface area (Å²) in [5, 5.41) is 17.0. The smallest absolute Gasteiger partial charge is 0.0639 e. The highest BCUT2D eigenvalue weighted by molar-refractivity contribution is 5.88. The van der Waals surface area contributed by atoms with Crippen molar-refractivity contribution in [2.75, 3.05) is 0 Å². The Hall–Kier alpha value is -2.13. The van der Waals surface area contributed by atoms with Gasteiger partial charge in [-0.05, 0) is 17.5 Å². The van der Waals surface area contributed by atoms with Crippen molar-refractivity contribution in [3.63, 3.8) is 0 Å². The van der Waals surface area contributed by atoms with Gasteiger partial charge in [-0.3, -0.25) is 0 Å². The Labute approximate surface area is 138 Å². The van der Waals surface area contributed by atoms with E-state index < -0.39 is 0 Å². The van der Waals surface area contributed by atoms with Crippen molar-refractivity contribution >= 4 is 5.71 Å². The van der Waals surface area contributed by atoms with Gasteiger partial charge in [0.25, 0.3) is 0 Å². The van der Waals surface area contributed by atoms with Crippen LogP contribution in [0.1, 0.15) is 49.4 Å². The van der Waals surface area contributed by atoms with Crippen LogP contribution in [0.25, 0.3) is 0 Å². The van der Waals surface area contributed by atoms with Crippen LogP contribution in [0.5, 0.6) is 0 Å². The van der Waals surface area contributed by atoms with Gasteiger partial charge in [0.15, 0.2) is 0 Å². The second-order valence-electron chi connectivity index (χ2n) is 6.21. The molecule has 3 heteroatoms. The van der Waals surface area contributed by atoms with Gasteiger partial charge >= 0.3 is 0 Å². The van der Waals surface area contributed by atoms with Gasteiger partial charge in [0.05, 0.1) is 5.71 Å². The third-order valence-electron chi connectivity index (χ3n) is 4.71. The van der Waals surface area contributed by atoms with Crippen LogP contribution in [0, 0.1) is 5.92 Å². The molecule has 0 amide bonds. The van der Waals surface area contributed by atoms with E-state index in [1.54, 1.807) is 0 Å². The summed E-state index contributed by atoms with van der Waals surface area (Å²) in [5.41, 5.74) is 3.41. The number of hydrogen-bond acceptors (Lipinski definition) is 3. The Morgan fingerprint density at radius 1 is 1.00 bits per heavy atom.